The van der Waals surface area contributed by atoms with Crippen LogP contribution in [0.1, 0.15) is 82.0 Å². The van der Waals surface area contributed by atoms with Gasteiger partial charge in [0, 0.05) is 23.2 Å². The number of hydrogen-bond donors (Lipinski definition) is 1. The van der Waals surface area contributed by atoms with Gasteiger partial charge in [-0.2, -0.15) is 5.26 Å². The van der Waals surface area contributed by atoms with Gasteiger partial charge < -0.3 is 19.4 Å². The standard InChI is InChI=1S/C27H33N3O3/c1-2-32-22-14-15-23-24(17-28)26(30(25(23)16-22)20-6-5-7-20)18-10-12-19(13-11-18)29-27(31)33-21-8-3-4-9-21/h10-12,15-16,19-22H,2-9,13-14H2,1H3,(H,29,31). The maximum atomic E-state index is 12.3. The number of amides is 1. The molecule has 2 fully saturated rings. The molecule has 6 nitrogen and oxygen atoms in total. The molecule has 174 valence electrons. The Morgan fingerprint density at radius 3 is 2.64 bits per heavy atom. The van der Waals surface area contributed by atoms with Gasteiger partial charge in [-0.25, -0.2) is 4.79 Å². The highest BCUT2D eigenvalue weighted by Gasteiger charge is 2.29. The van der Waals surface area contributed by atoms with Crippen LogP contribution in [-0.2, 0) is 9.47 Å². The fourth-order valence-electron chi connectivity index (χ4n) is 5.48. The second-order valence-electron chi connectivity index (χ2n) is 9.51. The van der Waals surface area contributed by atoms with E-state index < -0.39 is 0 Å². The molecule has 1 N–H and O–H groups in total. The summed E-state index contributed by atoms with van der Waals surface area (Å²) in [4.78, 5) is 12.3. The zero-order valence-electron chi connectivity index (χ0n) is 19.4. The molecule has 1 amide bonds. The van der Waals surface area contributed by atoms with Gasteiger partial charge in [-0.3, -0.25) is 0 Å². The van der Waals surface area contributed by atoms with E-state index in [4.69, 9.17) is 9.47 Å². The van der Waals surface area contributed by atoms with Crippen LogP contribution in [0.4, 0.5) is 4.79 Å². The normalized spacial score (nSPS) is 24.7. The summed E-state index contributed by atoms with van der Waals surface area (Å²) in [5.74, 6) is 0. The van der Waals surface area contributed by atoms with Crippen LogP contribution in [0.2, 0.25) is 0 Å². The third-order valence-corrected chi connectivity index (χ3v) is 7.37. The number of aromatic nitrogens is 1. The molecule has 33 heavy (non-hydrogen) atoms. The van der Waals surface area contributed by atoms with Gasteiger partial charge in [0.25, 0.3) is 0 Å². The van der Waals surface area contributed by atoms with E-state index in [0.29, 0.717) is 19.1 Å². The maximum Gasteiger partial charge on any atom is 0.407 e. The molecule has 2 unspecified atom stereocenters. The smallest absolute Gasteiger partial charge is 0.407 e. The Labute approximate surface area is 195 Å². The first-order chi connectivity index (χ1) is 16.2. The van der Waals surface area contributed by atoms with Gasteiger partial charge in [-0.05, 0) is 76.4 Å². The van der Waals surface area contributed by atoms with Crippen molar-refractivity contribution in [2.24, 2.45) is 0 Å². The second kappa shape index (κ2) is 9.61. The predicted molar refractivity (Wildman–Crippen MR) is 128 cm³/mol. The molecule has 2 saturated carbocycles. The van der Waals surface area contributed by atoms with Crippen molar-refractivity contribution >= 4 is 23.8 Å². The molecule has 1 aromatic heterocycles. The van der Waals surface area contributed by atoms with Gasteiger partial charge >= 0.3 is 6.09 Å². The average molecular weight is 448 g/mol. The summed E-state index contributed by atoms with van der Waals surface area (Å²) in [5.41, 5.74) is 2.83. The first-order valence-electron chi connectivity index (χ1n) is 12.5. The minimum Gasteiger partial charge on any atom is -0.446 e. The van der Waals surface area contributed by atoms with Gasteiger partial charge in [-0.15, -0.1) is 0 Å². The first kappa shape index (κ1) is 22.0. The first-order valence-corrected chi connectivity index (χ1v) is 12.5. The second-order valence-corrected chi connectivity index (χ2v) is 9.51. The molecular formula is C27H33N3O3. The minimum absolute atomic E-state index is 0.0611. The van der Waals surface area contributed by atoms with Gasteiger partial charge in [0.2, 0.25) is 0 Å². The summed E-state index contributed by atoms with van der Waals surface area (Å²) in [6.07, 6.45) is 19.6. The van der Waals surface area contributed by atoms with Gasteiger partial charge in [-0.1, -0.05) is 24.3 Å². The Bertz CT molecular complexity index is 1130. The summed E-state index contributed by atoms with van der Waals surface area (Å²) in [6, 6.07) is 2.83. The average Bonchev–Trinajstić information content (AvgIpc) is 3.39. The number of nitrogens with one attached hydrogen (secondary N) is 1. The highest BCUT2D eigenvalue weighted by Crippen LogP contribution is 2.35. The molecule has 1 heterocycles. The number of allylic oxidation sites excluding steroid dienone is 2. The molecule has 0 radical (unpaired) electrons. The lowest BCUT2D eigenvalue weighted by Crippen LogP contribution is -2.39. The number of carbonyl (C=O) groups is 1. The number of nitrogens with zero attached hydrogens (tertiary/aromatic N) is 2. The van der Waals surface area contributed by atoms with E-state index in [9.17, 15) is 10.1 Å². The number of carbonyl (C=O) groups excluding carboxylic acids is 1. The van der Waals surface area contributed by atoms with Crippen molar-refractivity contribution < 1.29 is 14.3 Å². The van der Waals surface area contributed by atoms with E-state index in [1.165, 1.54) is 6.42 Å². The molecule has 1 aromatic rings. The molecular weight excluding hydrogens is 414 g/mol. The fraction of sp³-hybridized carbons (Fsp3) is 0.556. The van der Waals surface area contributed by atoms with Crippen LogP contribution in [0.3, 0.4) is 0 Å². The van der Waals surface area contributed by atoms with E-state index >= 15 is 0 Å². The third kappa shape index (κ3) is 4.39. The summed E-state index contributed by atoms with van der Waals surface area (Å²) in [5, 5.41) is 15.3. The van der Waals surface area contributed by atoms with Crippen LogP contribution in [-0.4, -0.2) is 35.5 Å². The number of rotatable bonds is 6. The molecule has 0 aliphatic heterocycles. The largest absolute Gasteiger partial charge is 0.446 e. The van der Waals surface area contributed by atoms with Crippen LogP contribution < -0.4 is 15.9 Å². The molecule has 0 spiro atoms. The number of alkyl carbamates (subject to hydrolysis) is 1. The van der Waals surface area contributed by atoms with Crippen LogP contribution in [0, 0.1) is 11.3 Å². The number of ether oxygens (including phenoxy) is 2. The third-order valence-electron chi connectivity index (χ3n) is 7.37. The summed E-state index contributed by atoms with van der Waals surface area (Å²) < 4.78 is 13.8. The van der Waals surface area contributed by atoms with E-state index in [1.54, 1.807) is 0 Å². The monoisotopic (exact) mass is 447 g/mol. The summed E-state index contributed by atoms with van der Waals surface area (Å²) in [7, 11) is 0. The van der Waals surface area contributed by atoms with Crippen molar-refractivity contribution in [3.63, 3.8) is 0 Å². The zero-order chi connectivity index (χ0) is 22.8. The lowest BCUT2D eigenvalue weighted by molar-refractivity contribution is 0.0993. The van der Waals surface area contributed by atoms with Crippen molar-refractivity contribution in [3.8, 4) is 6.07 Å². The fourth-order valence-corrected chi connectivity index (χ4v) is 5.48. The lowest BCUT2D eigenvalue weighted by atomic mass is 9.91. The van der Waals surface area contributed by atoms with Crippen LogP contribution in [0.15, 0.2) is 18.2 Å². The topological polar surface area (TPSA) is 76.3 Å². The van der Waals surface area contributed by atoms with Crippen molar-refractivity contribution in [2.75, 3.05) is 6.61 Å². The zero-order valence-corrected chi connectivity index (χ0v) is 19.4. The van der Waals surface area contributed by atoms with Crippen LogP contribution in [0.25, 0.3) is 17.7 Å². The van der Waals surface area contributed by atoms with Crippen molar-refractivity contribution in [2.45, 2.75) is 89.0 Å². The molecule has 5 rings (SSSR count). The van der Waals surface area contributed by atoms with Crippen LogP contribution >= 0.6 is 0 Å². The number of nitriles is 1. The molecule has 0 bridgehead atoms. The SMILES string of the molecule is CCOC1C=c2c(c(C#N)c(C3=CCC(NC(=O)OC4CCCC4)C=C3)n2C2CCC2)=CC1. The van der Waals surface area contributed by atoms with Crippen molar-refractivity contribution in [1.29, 1.82) is 5.26 Å². The van der Waals surface area contributed by atoms with Crippen molar-refractivity contribution in [1.82, 2.24) is 9.88 Å². The molecule has 0 saturated heterocycles. The number of hydrogen-bond acceptors (Lipinski definition) is 4. The Morgan fingerprint density at radius 1 is 1.18 bits per heavy atom. The molecule has 0 aromatic carbocycles. The molecule has 4 aliphatic rings. The summed E-state index contributed by atoms with van der Waals surface area (Å²) in [6.45, 7) is 2.70. The van der Waals surface area contributed by atoms with Gasteiger partial charge in [0.1, 0.15) is 12.2 Å². The highest BCUT2D eigenvalue weighted by atomic mass is 16.6. The molecule has 2 atom stereocenters. The maximum absolute atomic E-state index is 12.3. The van der Waals surface area contributed by atoms with Gasteiger partial charge in [0.05, 0.1) is 23.4 Å². The Hall–Kier alpha value is -2.78. The van der Waals surface area contributed by atoms with E-state index in [2.05, 4.69) is 40.3 Å². The van der Waals surface area contributed by atoms with E-state index in [0.717, 1.165) is 72.3 Å². The number of fused-ring (bicyclic) bond motifs is 1. The summed E-state index contributed by atoms with van der Waals surface area (Å²) >= 11 is 0. The Balaban J connectivity index is 1.41. The lowest BCUT2D eigenvalue weighted by Gasteiger charge is -2.31. The Kier molecular flexibility index (Phi) is 6.41. The quantitative estimate of drug-likeness (QED) is 0.719. The Morgan fingerprint density at radius 2 is 2.00 bits per heavy atom. The van der Waals surface area contributed by atoms with E-state index in [1.807, 2.05) is 13.0 Å². The van der Waals surface area contributed by atoms with Gasteiger partial charge in [0.15, 0.2) is 0 Å². The van der Waals surface area contributed by atoms with E-state index in [-0.39, 0.29) is 24.3 Å². The van der Waals surface area contributed by atoms with Crippen LogP contribution in [0.5, 0.6) is 0 Å². The minimum atomic E-state index is -0.328. The predicted octanol–water partition coefficient (Wildman–Crippen LogP) is 3.84. The molecule has 6 heteroatoms. The highest BCUT2D eigenvalue weighted by molar-refractivity contribution is 5.79. The molecule has 4 aliphatic carbocycles. The van der Waals surface area contributed by atoms with Crippen molar-refractivity contribution in [3.05, 3.63) is 40.1 Å².